The number of aryl methyl sites for hydroxylation is 1. The molecule has 0 fully saturated rings. The van der Waals surface area contributed by atoms with E-state index in [1.807, 2.05) is 19.1 Å². The molecule has 7 nitrogen and oxygen atoms in total. The average molecular weight is 441 g/mol. The monoisotopic (exact) mass is 440 g/mol. The third-order valence-electron chi connectivity index (χ3n) is 4.25. The van der Waals surface area contributed by atoms with E-state index in [0.717, 1.165) is 11.1 Å². The zero-order valence-corrected chi connectivity index (χ0v) is 17.9. The number of nitrogens with zero attached hydrogens (tertiary/aromatic N) is 1. The van der Waals surface area contributed by atoms with Gasteiger partial charge in [0.1, 0.15) is 5.75 Å². The Bertz CT molecular complexity index is 965. The summed E-state index contributed by atoms with van der Waals surface area (Å²) in [6.45, 7) is -0.319. The number of aliphatic imine (C=N–C) groups is 1. The summed E-state index contributed by atoms with van der Waals surface area (Å²) in [7, 11) is -0.330. The SMILES string of the molecule is CN=C(NCc1ccc(CS(=O)(=O)NC)cc1)NCc1cc(C)ccc1OC(F)F. The van der Waals surface area contributed by atoms with Crippen molar-refractivity contribution in [1.29, 1.82) is 0 Å². The largest absolute Gasteiger partial charge is 0.434 e. The molecule has 0 bridgehead atoms. The van der Waals surface area contributed by atoms with Crippen molar-refractivity contribution in [1.82, 2.24) is 15.4 Å². The minimum Gasteiger partial charge on any atom is -0.434 e. The van der Waals surface area contributed by atoms with Gasteiger partial charge in [-0.3, -0.25) is 4.99 Å². The Morgan fingerprint density at radius 3 is 2.30 bits per heavy atom. The van der Waals surface area contributed by atoms with E-state index in [0.29, 0.717) is 23.6 Å². The fourth-order valence-corrected chi connectivity index (χ4v) is 3.46. The maximum atomic E-state index is 12.6. The molecule has 0 aromatic heterocycles. The molecule has 2 aromatic rings. The van der Waals surface area contributed by atoms with E-state index in [1.54, 1.807) is 31.3 Å². The maximum Gasteiger partial charge on any atom is 0.387 e. The first-order chi connectivity index (χ1) is 14.2. The lowest BCUT2D eigenvalue weighted by molar-refractivity contribution is -0.0504. The molecule has 3 N–H and O–H groups in total. The predicted molar refractivity (Wildman–Crippen MR) is 113 cm³/mol. The number of hydrogen-bond donors (Lipinski definition) is 3. The molecule has 0 atom stereocenters. The molecular weight excluding hydrogens is 414 g/mol. The number of benzene rings is 2. The molecule has 2 aromatic carbocycles. The van der Waals surface area contributed by atoms with Crippen LogP contribution in [0, 0.1) is 6.92 Å². The molecule has 0 unspecified atom stereocenters. The van der Waals surface area contributed by atoms with Crippen LogP contribution in [0.25, 0.3) is 0 Å². The number of sulfonamides is 1. The van der Waals surface area contributed by atoms with Crippen molar-refractivity contribution < 1.29 is 21.9 Å². The standard InChI is InChI=1S/C20H26F2N4O3S/c1-14-4-9-18(29-19(21)22)17(10-14)12-26-20(23-2)25-11-15-5-7-16(8-6-15)13-30(27,28)24-3/h4-10,19,24H,11-13H2,1-3H3,(H2,23,25,26). The predicted octanol–water partition coefficient (Wildman–Crippen LogP) is 2.51. The van der Waals surface area contributed by atoms with Crippen molar-refractivity contribution in [2.75, 3.05) is 14.1 Å². The zero-order chi connectivity index (χ0) is 22.1. The van der Waals surface area contributed by atoms with Gasteiger partial charge in [0.2, 0.25) is 10.0 Å². The summed E-state index contributed by atoms with van der Waals surface area (Å²) < 4.78 is 55.3. The summed E-state index contributed by atoms with van der Waals surface area (Å²) in [4.78, 5) is 4.13. The first-order valence-corrected chi connectivity index (χ1v) is 10.9. The van der Waals surface area contributed by atoms with E-state index >= 15 is 0 Å². The summed E-state index contributed by atoms with van der Waals surface area (Å²) in [5.74, 6) is 0.520. The minimum absolute atomic E-state index is 0.0834. The number of ether oxygens (including phenoxy) is 1. The van der Waals surface area contributed by atoms with Crippen LogP contribution in [0.4, 0.5) is 8.78 Å². The van der Waals surface area contributed by atoms with Crippen LogP contribution in [-0.4, -0.2) is 35.1 Å². The van der Waals surface area contributed by atoms with Crippen LogP contribution in [0.5, 0.6) is 5.75 Å². The average Bonchev–Trinajstić information content (AvgIpc) is 2.70. The lowest BCUT2D eigenvalue weighted by Gasteiger charge is -2.15. The van der Waals surface area contributed by atoms with Gasteiger partial charge in [-0.2, -0.15) is 8.78 Å². The second kappa shape index (κ2) is 10.9. The lowest BCUT2D eigenvalue weighted by Crippen LogP contribution is -2.36. The first kappa shape index (κ1) is 23.6. The molecule has 0 aliphatic rings. The maximum absolute atomic E-state index is 12.6. The molecule has 2 rings (SSSR count). The molecule has 10 heteroatoms. The van der Waals surface area contributed by atoms with E-state index in [4.69, 9.17) is 0 Å². The highest BCUT2D eigenvalue weighted by Crippen LogP contribution is 2.22. The van der Waals surface area contributed by atoms with Crippen LogP contribution >= 0.6 is 0 Å². The first-order valence-electron chi connectivity index (χ1n) is 9.20. The number of hydrogen-bond acceptors (Lipinski definition) is 4. The van der Waals surface area contributed by atoms with Gasteiger partial charge in [-0.05, 0) is 31.2 Å². The quantitative estimate of drug-likeness (QED) is 0.412. The number of guanidine groups is 1. The third-order valence-corrected chi connectivity index (χ3v) is 5.59. The second-order valence-corrected chi connectivity index (χ2v) is 8.48. The second-order valence-electron chi connectivity index (χ2n) is 6.55. The van der Waals surface area contributed by atoms with Gasteiger partial charge < -0.3 is 15.4 Å². The molecule has 0 spiro atoms. The summed E-state index contributed by atoms with van der Waals surface area (Å²) >= 11 is 0. The van der Waals surface area contributed by atoms with Crippen molar-refractivity contribution in [3.63, 3.8) is 0 Å². The number of nitrogens with one attached hydrogen (secondary N) is 3. The molecule has 0 aliphatic heterocycles. The molecule has 0 saturated heterocycles. The molecule has 0 radical (unpaired) electrons. The van der Waals surface area contributed by atoms with Gasteiger partial charge in [0.25, 0.3) is 0 Å². The summed E-state index contributed by atoms with van der Waals surface area (Å²) in [6.07, 6.45) is 0. The van der Waals surface area contributed by atoms with E-state index in [-0.39, 0.29) is 18.0 Å². The van der Waals surface area contributed by atoms with Gasteiger partial charge in [-0.25, -0.2) is 13.1 Å². The Hall–Kier alpha value is -2.72. The van der Waals surface area contributed by atoms with Gasteiger partial charge in [-0.1, -0.05) is 42.0 Å². The molecule has 0 heterocycles. The highest BCUT2D eigenvalue weighted by Gasteiger charge is 2.11. The number of rotatable bonds is 9. The Morgan fingerprint density at radius 2 is 1.70 bits per heavy atom. The highest BCUT2D eigenvalue weighted by molar-refractivity contribution is 7.88. The molecule has 0 aliphatic carbocycles. The zero-order valence-electron chi connectivity index (χ0n) is 17.1. The lowest BCUT2D eigenvalue weighted by atomic mass is 10.1. The number of alkyl halides is 2. The smallest absolute Gasteiger partial charge is 0.387 e. The van der Waals surface area contributed by atoms with Crippen molar-refractivity contribution in [2.24, 2.45) is 4.99 Å². The molecule has 0 amide bonds. The summed E-state index contributed by atoms with van der Waals surface area (Å²) in [6, 6.07) is 12.2. The van der Waals surface area contributed by atoms with Crippen molar-refractivity contribution in [3.05, 3.63) is 64.7 Å². The Kier molecular flexibility index (Phi) is 8.55. The van der Waals surface area contributed by atoms with E-state index in [2.05, 4.69) is 25.1 Å². The third kappa shape index (κ3) is 7.60. The van der Waals surface area contributed by atoms with Crippen LogP contribution in [-0.2, 0) is 28.9 Å². The van der Waals surface area contributed by atoms with E-state index in [1.165, 1.54) is 13.1 Å². The van der Waals surface area contributed by atoms with Gasteiger partial charge in [0, 0.05) is 25.7 Å². The Labute approximate surface area is 175 Å². The summed E-state index contributed by atoms with van der Waals surface area (Å²) in [5.41, 5.74) is 3.13. The van der Waals surface area contributed by atoms with Gasteiger partial charge in [-0.15, -0.1) is 0 Å². The Morgan fingerprint density at radius 1 is 1.07 bits per heavy atom. The van der Waals surface area contributed by atoms with Gasteiger partial charge in [0.05, 0.1) is 5.75 Å². The van der Waals surface area contributed by atoms with Gasteiger partial charge >= 0.3 is 6.61 Å². The van der Waals surface area contributed by atoms with Crippen LogP contribution in [0.15, 0.2) is 47.5 Å². The highest BCUT2D eigenvalue weighted by atomic mass is 32.2. The van der Waals surface area contributed by atoms with Crippen molar-refractivity contribution >= 4 is 16.0 Å². The van der Waals surface area contributed by atoms with Crippen LogP contribution in [0.1, 0.15) is 22.3 Å². The van der Waals surface area contributed by atoms with E-state index in [9.17, 15) is 17.2 Å². The molecule has 0 saturated carbocycles. The molecule has 164 valence electrons. The fraction of sp³-hybridized carbons (Fsp3) is 0.350. The topological polar surface area (TPSA) is 91.8 Å². The van der Waals surface area contributed by atoms with Crippen LogP contribution < -0.4 is 20.1 Å². The summed E-state index contributed by atoms with van der Waals surface area (Å²) in [5, 5.41) is 6.20. The minimum atomic E-state index is -3.32. The molecular formula is C20H26F2N4O3S. The Balaban J connectivity index is 1.94. The molecule has 30 heavy (non-hydrogen) atoms. The fourth-order valence-electron chi connectivity index (χ4n) is 2.69. The van der Waals surface area contributed by atoms with Crippen molar-refractivity contribution in [2.45, 2.75) is 32.4 Å². The van der Waals surface area contributed by atoms with Crippen molar-refractivity contribution in [3.8, 4) is 5.75 Å². The van der Waals surface area contributed by atoms with Crippen LogP contribution in [0.2, 0.25) is 0 Å². The number of halogens is 2. The van der Waals surface area contributed by atoms with E-state index < -0.39 is 16.6 Å². The van der Waals surface area contributed by atoms with Gasteiger partial charge in [0.15, 0.2) is 5.96 Å². The van der Waals surface area contributed by atoms with Crippen LogP contribution in [0.3, 0.4) is 0 Å². The normalized spacial score (nSPS) is 12.1.